The van der Waals surface area contributed by atoms with Crippen molar-refractivity contribution in [2.75, 3.05) is 0 Å². The number of halogens is 19. The summed E-state index contributed by atoms with van der Waals surface area (Å²) in [6, 6.07) is 0. The van der Waals surface area contributed by atoms with Gasteiger partial charge in [0.15, 0.2) is 64.0 Å². The minimum Gasteiger partial charge on any atom is -0.207 e. The van der Waals surface area contributed by atoms with Gasteiger partial charge in [-0.05, 0) is 16.6 Å². The summed E-state index contributed by atoms with van der Waals surface area (Å²) in [5.74, 6) is -63.4. The summed E-state index contributed by atoms with van der Waals surface area (Å²) in [6.07, 6.45) is -7.16. The third-order valence-corrected chi connectivity index (χ3v) is 16.3. The SMILES string of the molecule is CC(C)[Si](C#Cc1c(F)c(F)c([B-](c2c(F)c(F)c(F)c(F)c2F)(c2c(F)c(F)c(F)c(F)c2F)c2c(F)c(F)c(F)c(F)c2F)c(F)c1F)(C(C)C)C(C)C. The van der Waals surface area contributed by atoms with Crippen molar-refractivity contribution in [2.45, 2.75) is 58.2 Å². The maximum absolute atomic E-state index is 16.6. The van der Waals surface area contributed by atoms with Gasteiger partial charge < -0.3 is 0 Å². The third kappa shape index (κ3) is 5.95. The van der Waals surface area contributed by atoms with E-state index in [1.54, 1.807) is 41.5 Å². The maximum Gasteiger partial charge on any atom is 0.200 e. The largest absolute Gasteiger partial charge is 0.207 e. The van der Waals surface area contributed by atoms with Crippen LogP contribution in [0, 0.1) is 122 Å². The standard InChI is InChI=1S/C35H21BF19Si/c1-9(2)56(10(3)4,11(5)6)8-7-12-17(37)19(39)13(20(40)18(12)38)36(14-21(41)27(47)33(53)28(48)22(14)42,15-23(43)29(49)34(54)30(50)24(15)44)16-25(45)31(51)35(55)32(52)26(16)46/h9-11H,1-6H3/q-1. The normalized spacial score (nSPS) is 12.4. The van der Waals surface area contributed by atoms with E-state index in [-0.39, 0.29) is 0 Å². The lowest BCUT2D eigenvalue weighted by Gasteiger charge is -2.45. The lowest BCUT2D eigenvalue weighted by molar-refractivity contribution is 0.379. The number of benzene rings is 4. The van der Waals surface area contributed by atoms with Gasteiger partial charge in [-0.3, -0.25) is 0 Å². The monoisotopic (exact) mass is 841 g/mol. The molecule has 0 aliphatic carbocycles. The predicted octanol–water partition coefficient (Wildman–Crippen LogP) is 9.28. The van der Waals surface area contributed by atoms with E-state index in [0.29, 0.717) is 0 Å². The van der Waals surface area contributed by atoms with Crippen LogP contribution in [0.15, 0.2) is 0 Å². The molecule has 0 amide bonds. The zero-order valence-corrected chi connectivity index (χ0v) is 30.0. The van der Waals surface area contributed by atoms with E-state index in [0.717, 1.165) is 0 Å². The molecule has 4 rings (SSSR count). The maximum atomic E-state index is 16.6. The van der Waals surface area contributed by atoms with Gasteiger partial charge in [-0.2, -0.15) is 0 Å². The second kappa shape index (κ2) is 15.0. The molecule has 4 aromatic carbocycles. The average molecular weight is 841 g/mol. The van der Waals surface area contributed by atoms with Crippen molar-refractivity contribution in [3.63, 3.8) is 0 Å². The van der Waals surface area contributed by atoms with Gasteiger partial charge in [0.1, 0.15) is 66.3 Å². The van der Waals surface area contributed by atoms with Gasteiger partial charge in [-0.15, -0.1) is 27.4 Å². The Kier molecular flexibility index (Phi) is 11.9. The Morgan fingerprint density at radius 1 is 0.304 bits per heavy atom. The molecule has 4 aromatic rings. The molecule has 0 saturated carbocycles. The highest BCUT2D eigenvalue weighted by atomic mass is 28.3. The number of hydrogen-bond acceptors (Lipinski definition) is 0. The first-order valence-electron chi connectivity index (χ1n) is 15.8. The minimum absolute atomic E-state index is 0.399. The topological polar surface area (TPSA) is 0 Å². The zero-order valence-electron chi connectivity index (χ0n) is 29.0. The van der Waals surface area contributed by atoms with Crippen molar-refractivity contribution in [3.8, 4) is 11.5 Å². The predicted molar refractivity (Wildman–Crippen MR) is 167 cm³/mol. The Hall–Kier alpha value is -4.61. The molecule has 0 N–H and O–H groups in total. The van der Waals surface area contributed by atoms with E-state index in [9.17, 15) is 39.5 Å². The molecular weight excluding hydrogens is 820 g/mol. The molecule has 0 bridgehead atoms. The van der Waals surface area contributed by atoms with E-state index in [2.05, 4.69) is 5.54 Å². The van der Waals surface area contributed by atoms with Crippen molar-refractivity contribution in [1.29, 1.82) is 0 Å². The van der Waals surface area contributed by atoms with Crippen LogP contribution in [0.5, 0.6) is 0 Å². The molecule has 56 heavy (non-hydrogen) atoms. The Morgan fingerprint density at radius 2 is 0.482 bits per heavy atom. The van der Waals surface area contributed by atoms with Crippen LogP contribution in [0.4, 0.5) is 83.4 Å². The summed E-state index contributed by atoms with van der Waals surface area (Å²) in [6.45, 7) is 9.71. The summed E-state index contributed by atoms with van der Waals surface area (Å²) in [7, 11) is -3.19. The Balaban J connectivity index is 2.58. The van der Waals surface area contributed by atoms with E-state index in [4.69, 9.17) is 0 Å². The van der Waals surface area contributed by atoms with E-state index < -0.39 is 169 Å². The fourth-order valence-corrected chi connectivity index (χ4v) is 12.8. The van der Waals surface area contributed by atoms with Gasteiger partial charge in [0.2, 0.25) is 0 Å². The molecule has 0 atom stereocenters. The summed E-state index contributed by atoms with van der Waals surface area (Å²) in [5.41, 5.74) is -14.5. The molecule has 0 unspecified atom stereocenters. The third-order valence-electron chi connectivity index (χ3n) is 10.0. The van der Waals surface area contributed by atoms with Gasteiger partial charge in [0.25, 0.3) is 0 Å². The lowest BCUT2D eigenvalue weighted by Crippen LogP contribution is -2.81. The zero-order chi connectivity index (χ0) is 43.0. The molecule has 302 valence electrons. The van der Waals surface area contributed by atoms with Crippen molar-refractivity contribution in [2.24, 2.45) is 0 Å². The first-order chi connectivity index (χ1) is 25.7. The fraction of sp³-hybridized carbons (Fsp3) is 0.257. The summed E-state index contributed by atoms with van der Waals surface area (Å²) >= 11 is 0. The fourth-order valence-electron chi connectivity index (χ4n) is 7.61. The first-order valence-corrected chi connectivity index (χ1v) is 18.1. The van der Waals surface area contributed by atoms with Crippen LogP contribution in [0.1, 0.15) is 47.1 Å². The van der Waals surface area contributed by atoms with Crippen molar-refractivity contribution < 1.29 is 83.4 Å². The highest BCUT2D eigenvalue weighted by molar-refractivity contribution is 7.20. The van der Waals surface area contributed by atoms with Gasteiger partial charge in [0.05, 0.1) is 0 Å². The van der Waals surface area contributed by atoms with Crippen LogP contribution < -0.4 is 21.9 Å². The first kappa shape index (κ1) is 44.1. The Bertz CT molecular complexity index is 2070. The van der Waals surface area contributed by atoms with Crippen LogP contribution in [-0.4, -0.2) is 14.2 Å². The molecule has 0 saturated heterocycles. The minimum atomic E-state index is -7.16. The molecular formula is C35H21BF19Si-. The highest BCUT2D eigenvalue weighted by Crippen LogP contribution is 2.41. The average Bonchev–Trinajstić information content (AvgIpc) is 3.13. The van der Waals surface area contributed by atoms with Crippen molar-refractivity contribution in [3.05, 3.63) is 116 Å². The van der Waals surface area contributed by atoms with Crippen molar-refractivity contribution >= 4 is 36.1 Å². The molecule has 0 aromatic heterocycles. The smallest absolute Gasteiger partial charge is 0.200 e. The molecule has 0 aliphatic rings. The Morgan fingerprint density at radius 3 is 0.679 bits per heavy atom. The van der Waals surface area contributed by atoms with Gasteiger partial charge >= 0.3 is 0 Å². The lowest BCUT2D eigenvalue weighted by atomic mass is 9.12. The molecule has 0 aliphatic heterocycles. The van der Waals surface area contributed by atoms with Crippen LogP contribution in [0.3, 0.4) is 0 Å². The van der Waals surface area contributed by atoms with E-state index in [1.165, 1.54) is 0 Å². The summed E-state index contributed by atoms with van der Waals surface area (Å²) in [4.78, 5) is 0. The van der Waals surface area contributed by atoms with Crippen molar-refractivity contribution in [1.82, 2.24) is 0 Å². The summed E-state index contributed by atoms with van der Waals surface area (Å²) < 4.78 is 293. The number of rotatable bonds is 7. The molecule has 0 fully saturated rings. The molecule has 0 nitrogen and oxygen atoms in total. The summed E-state index contributed by atoms with van der Waals surface area (Å²) in [5, 5.41) is 0. The Labute approximate surface area is 305 Å². The van der Waals surface area contributed by atoms with Crippen LogP contribution in [0.2, 0.25) is 16.6 Å². The van der Waals surface area contributed by atoms with Gasteiger partial charge in [-0.1, -0.05) is 47.5 Å². The molecule has 21 heteroatoms. The van der Waals surface area contributed by atoms with E-state index >= 15 is 43.9 Å². The molecule has 0 radical (unpaired) electrons. The quantitative estimate of drug-likeness (QED) is 0.0573. The van der Waals surface area contributed by atoms with Gasteiger partial charge in [0, 0.05) is 0 Å². The van der Waals surface area contributed by atoms with Crippen LogP contribution in [0.25, 0.3) is 0 Å². The van der Waals surface area contributed by atoms with Crippen LogP contribution >= 0.6 is 0 Å². The second-order valence-corrected chi connectivity index (χ2v) is 19.1. The number of hydrogen-bond donors (Lipinski definition) is 0. The van der Waals surface area contributed by atoms with E-state index in [1.807, 2.05) is 5.92 Å². The second-order valence-electron chi connectivity index (χ2n) is 13.5. The van der Waals surface area contributed by atoms with Gasteiger partial charge in [-0.25, -0.2) is 83.4 Å². The molecule has 0 heterocycles. The molecule has 0 spiro atoms. The van der Waals surface area contributed by atoms with Crippen LogP contribution in [-0.2, 0) is 0 Å². The highest BCUT2D eigenvalue weighted by Gasteiger charge is 2.52.